The molecule has 0 saturated carbocycles. The van der Waals surface area contributed by atoms with Crippen LogP contribution < -0.4 is 5.32 Å². The van der Waals surface area contributed by atoms with E-state index in [9.17, 15) is 14.4 Å². The molecule has 3 amide bonds. The summed E-state index contributed by atoms with van der Waals surface area (Å²) in [7, 11) is 1.79. The van der Waals surface area contributed by atoms with Crippen LogP contribution in [0.1, 0.15) is 50.8 Å². The van der Waals surface area contributed by atoms with Gasteiger partial charge in [0.1, 0.15) is 0 Å². The molecule has 0 fully saturated rings. The number of carbonyl (C=O) groups excluding carboxylic acids is 3. The first-order valence-electron chi connectivity index (χ1n) is 9.34. The van der Waals surface area contributed by atoms with Gasteiger partial charge in [0.2, 0.25) is 5.95 Å². The molecule has 7 nitrogen and oxygen atoms in total. The molecule has 0 unspecified atom stereocenters. The number of hydrogen-bond donors (Lipinski definition) is 1. The second kappa shape index (κ2) is 7.33. The van der Waals surface area contributed by atoms with E-state index in [0.29, 0.717) is 28.6 Å². The number of rotatable bonds is 5. The van der Waals surface area contributed by atoms with Crippen molar-refractivity contribution in [3.8, 4) is 0 Å². The first-order valence-corrected chi connectivity index (χ1v) is 9.72. The highest BCUT2D eigenvalue weighted by Crippen LogP contribution is 2.26. The average molecular weight is 411 g/mol. The summed E-state index contributed by atoms with van der Waals surface area (Å²) in [6.07, 6.45) is 1.62. The quantitative estimate of drug-likeness (QED) is 0.647. The van der Waals surface area contributed by atoms with Crippen LogP contribution in [0.3, 0.4) is 0 Å². The summed E-state index contributed by atoms with van der Waals surface area (Å²) in [5.41, 5.74) is 2.37. The molecule has 0 spiro atoms. The Morgan fingerprint density at radius 1 is 1.10 bits per heavy atom. The highest BCUT2D eigenvalue weighted by molar-refractivity contribution is 6.31. The molecule has 8 heteroatoms. The Balaban J connectivity index is 1.60. The van der Waals surface area contributed by atoms with Crippen LogP contribution in [0.15, 0.2) is 36.4 Å². The molecule has 4 rings (SSSR count). The fourth-order valence-electron chi connectivity index (χ4n) is 3.41. The highest BCUT2D eigenvalue weighted by atomic mass is 35.5. The number of nitrogens with zero attached hydrogens (tertiary/aromatic N) is 3. The van der Waals surface area contributed by atoms with Crippen molar-refractivity contribution in [3.63, 3.8) is 0 Å². The number of aromatic nitrogens is 2. The lowest BCUT2D eigenvalue weighted by molar-refractivity contribution is 0.0652. The van der Waals surface area contributed by atoms with Crippen LogP contribution in [-0.4, -0.2) is 38.7 Å². The lowest BCUT2D eigenvalue weighted by Gasteiger charge is -2.12. The van der Waals surface area contributed by atoms with Gasteiger partial charge in [-0.05, 0) is 42.8 Å². The normalized spacial score (nSPS) is 13.3. The number of aryl methyl sites for hydroxylation is 1. The summed E-state index contributed by atoms with van der Waals surface area (Å²) >= 11 is 6.00. The van der Waals surface area contributed by atoms with Crippen LogP contribution >= 0.6 is 11.6 Å². The Hall–Kier alpha value is -3.19. The van der Waals surface area contributed by atoms with E-state index < -0.39 is 5.91 Å². The van der Waals surface area contributed by atoms with Crippen molar-refractivity contribution in [2.75, 3.05) is 11.9 Å². The second-order valence-corrected chi connectivity index (χ2v) is 7.39. The highest BCUT2D eigenvalue weighted by Gasteiger charge is 2.35. The number of unbranched alkanes of at least 4 members (excludes halogenated alkanes) is 1. The summed E-state index contributed by atoms with van der Waals surface area (Å²) in [6.45, 7) is 2.38. The molecule has 29 heavy (non-hydrogen) atoms. The van der Waals surface area contributed by atoms with Crippen molar-refractivity contribution in [2.24, 2.45) is 7.05 Å². The Morgan fingerprint density at radius 3 is 2.62 bits per heavy atom. The van der Waals surface area contributed by atoms with Crippen molar-refractivity contribution in [1.82, 2.24) is 14.5 Å². The van der Waals surface area contributed by atoms with Gasteiger partial charge in [-0.1, -0.05) is 24.9 Å². The lowest BCUT2D eigenvalue weighted by atomic mass is 10.1. The fourth-order valence-corrected chi connectivity index (χ4v) is 3.58. The van der Waals surface area contributed by atoms with E-state index >= 15 is 0 Å². The van der Waals surface area contributed by atoms with Crippen molar-refractivity contribution in [1.29, 1.82) is 0 Å². The van der Waals surface area contributed by atoms with Crippen LogP contribution in [-0.2, 0) is 7.05 Å². The zero-order valence-corrected chi connectivity index (χ0v) is 16.8. The van der Waals surface area contributed by atoms with Gasteiger partial charge < -0.3 is 4.57 Å². The maximum absolute atomic E-state index is 12.8. The van der Waals surface area contributed by atoms with Crippen molar-refractivity contribution in [2.45, 2.75) is 19.8 Å². The first kappa shape index (κ1) is 19.1. The van der Waals surface area contributed by atoms with Crippen LogP contribution in [0.2, 0.25) is 5.02 Å². The van der Waals surface area contributed by atoms with Gasteiger partial charge >= 0.3 is 0 Å². The largest absolute Gasteiger partial charge is 0.313 e. The SMILES string of the molecule is CCCCN1C(=O)c2ccc(C(=O)Nc3nc4cc(Cl)ccc4n3C)cc2C1=O. The third-order valence-corrected chi connectivity index (χ3v) is 5.27. The van der Waals surface area contributed by atoms with Gasteiger partial charge in [-0.3, -0.25) is 24.6 Å². The van der Waals surface area contributed by atoms with E-state index in [0.717, 1.165) is 18.4 Å². The minimum atomic E-state index is -0.412. The Morgan fingerprint density at radius 2 is 1.86 bits per heavy atom. The molecule has 0 saturated heterocycles. The summed E-state index contributed by atoms with van der Waals surface area (Å²) < 4.78 is 1.75. The number of benzene rings is 2. The molecular weight excluding hydrogens is 392 g/mol. The molecule has 0 bridgehead atoms. The molecule has 1 aliphatic heterocycles. The lowest BCUT2D eigenvalue weighted by Crippen LogP contribution is -2.30. The molecule has 1 aliphatic rings. The monoisotopic (exact) mass is 410 g/mol. The maximum atomic E-state index is 12.8. The third kappa shape index (κ3) is 3.27. The van der Waals surface area contributed by atoms with Crippen molar-refractivity contribution in [3.05, 3.63) is 58.1 Å². The van der Waals surface area contributed by atoms with Crippen molar-refractivity contribution < 1.29 is 14.4 Å². The number of hydrogen-bond acceptors (Lipinski definition) is 4. The molecule has 2 aromatic carbocycles. The summed E-state index contributed by atoms with van der Waals surface area (Å²) in [5.74, 6) is -0.715. The molecule has 2 heterocycles. The van der Waals surface area contributed by atoms with Gasteiger partial charge in [0, 0.05) is 24.2 Å². The Labute approximate surface area is 172 Å². The van der Waals surface area contributed by atoms with E-state index in [-0.39, 0.29) is 22.9 Å². The molecular formula is C21H19ClN4O3. The predicted octanol–water partition coefficient (Wildman–Crippen LogP) is 3.88. The van der Waals surface area contributed by atoms with Crippen LogP contribution in [0.25, 0.3) is 11.0 Å². The van der Waals surface area contributed by atoms with Gasteiger partial charge in [0.05, 0.1) is 22.2 Å². The van der Waals surface area contributed by atoms with Gasteiger partial charge in [-0.15, -0.1) is 0 Å². The van der Waals surface area contributed by atoms with Crippen molar-refractivity contribution >= 4 is 46.3 Å². The van der Waals surface area contributed by atoms with E-state index in [4.69, 9.17) is 11.6 Å². The number of halogens is 1. The molecule has 1 N–H and O–H groups in total. The number of anilines is 1. The smallest absolute Gasteiger partial charge is 0.261 e. The van der Waals surface area contributed by atoms with Gasteiger partial charge in [-0.2, -0.15) is 0 Å². The number of amides is 3. The zero-order chi connectivity index (χ0) is 20.7. The fraction of sp³-hybridized carbons (Fsp3) is 0.238. The topological polar surface area (TPSA) is 84.3 Å². The first-order chi connectivity index (χ1) is 13.9. The van der Waals surface area contributed by atoms with E-state index in [1.807, 2.05) is 13.0 Å². The van der Waals surface area contributed by atoms with Gasteiger partial charge in [0.25, 0.3) is 17.7 Å². The van der Waals surface area contributed by atoms with Crippen LogP contribution in [0, 0.1) is 0 Å². The predicted molar refractivity (Wildman–Crippen MR) is 110 cm³/mol. The minimum Gasteiger partial charge on any atom is -0.313 e. The number of imide groups is 1. The summed E-state index contributed by atoms with van der Waals surface area (Å²) in [6, 6.07) is 9.84. The molecule has 0 aliphatic carbocycles. The summed E-state index contributed by atoms with van der Waals surface area (Å²) in [5, 5.41) is 3.32. The molecule has 148 valence electrons. The second-order valence-electron chi connectivity index (χ2n) is 6.96. The van der Waals surface area contributed by atoms with Crippen LogP contribution in [0.4, 0.5) is 5.95 Å². The molecule has 1 aromatic heterocycles. The molecule has 0 radical (unpaired) electrons. The van der Waals surface area contributed by atoms with Gasteiger partial charge in [-0.25, -0.2) is 4.98 Å². The Bertz CT molecular complexity index is 1170. The number of nitrogens with one attached hydrogen (secondary N) is 1. The van der Waals surface area contributed by atoms with E-state index in [2.05, 4.69) is 10.3 Å². The van der Waals surface area contributed by atoms with Gasteiger partial charge in [0.15, 0.2) is 0 Å². The molecule has 0 atom stereocenters. The third-order valence-electron chi connectivity index (χ3n) is 5.04. The maximum Gasteiger partial charge on any atom is 0.261 e. The molecule has 3 aromatic rings. The zero-order valence-electron chi connectivity index (χ0n) is 16.0. The van der Waals surface area contributed by atoms with Crippen LogP contribution in [0.5, 0.6) is 0 Å². The average Bonchev–Trinajstić information content (AvgIpc) is 3.13. The van der Waals surface area contributed by atoms with E-state index in [1.165, 1.54) is 17.0 Å². The number of imidazole rings is 1. The summed E-state index contributed by atoms with van der Waals surface area (Å²) in [4.78, 5) is 43.4. The van der Waals surface area contributed by atoms with E-state index in [1.54, 1.807) is 29.8 Å². The minimum absolute atomic E-state index is 0.260. The number of carbonyl (C=O) groups is 3. The number of fused-ring (bicyclic) bond motifs is 2. The Kier molecular flexibility index (Phi) is 4.84. The standard InChI is InChI=1S/C21H19ClN4O3/c1-3-4-9-26-19(28)14-7-5-12(10-15(14)20(26)29)18(27)24-21-23-16-11-13(22)6-8-17(16)25(21)2/h5-8,10-11H,3-4,9H2,1-2H3,(H,23,24,27).